The number of hydrogen-bond acceptors (Lipinski definition) is 5. The molecule has 4 nitrogen and oxygen atoms in total. The first kappa shape index (κ1) is 12.6. The summed E-state index contributed by atoms with van der Waals surface area (Å²) >= 11 is 1.41. The van der Waals surface area contributed by atoms with Crippen LogP contribution in [0.1, 0.15) is 12.5 Å². The summed E-state index contributed by atoms with van der Waals surface area (Å²) in [7, 11) is 0. The third-order valence-corrected chi connectivity index (χ3v) is 3.10. The van der Waals surface area contributed by atoms with Crippen molar-refractivity contribution < 1.29 is 9.53 Å². The van der Waals surface area contributed by atoms with E-state index in [1.807, 2.05) is 29.6 Å². The molecule has 0 atom stereocenters. The number of hydrogen-bond donors (Lipinski definition) is 1. The van der Waals surface area contributed by atoms with Gasteiger partial charge in [-0.1, -0.05) is 24.3 Å². The van der Waals surface area contributed by atoms with E-state index in [4.69, 9.17) is 10.5 Å². The lowest BCUT2D eigenvalue weighted by molar-refractivity contribution is -0.142. The smallest absolute Gasteiger partial charge is 0.310 e. The van der Waals surface area contributed by atoms with Crippen molar-refractivity contribution in [1.82, 2.24) is 4.98 Å². The van der Waals surface area contributed by atoms with Gasteiger partial charge >= 0.3 is 5.97 Å². The molecule has 0 saturated heterocycles. The highest BCUT2D eigenvalue weighted by atomic mass is 32.1. The number of rotatable bonds is 4. The van der Waals surface area contributed by atoms with E-state index in [0.717, 1.165) is 16.8 Å². The topological polar surface area (TPSA) is 65.2 Å². The van der Waals surface area contributed by atoms with Crippen LogP contribution in [0.2, 0.25) is 0 Å². The predicted octanol–water partition coefficient (Wildman–Crippen LogP) is 2.50. The molecular weight excluding hydrogens is 248 g/mol. The number of nitrogen functional groups attached to an aromatic ring is 1. The van der Waals surface area contributed by atoms with Crippen LogP contribution in [0.4, 0.5) is 5.13 Å². The van der Waals surface area contributed by atoms with Gasteiger partial charge in [-0.05, 0) is 12.5 Å². The van der Waals surface area contributed by atoms with E-state index in [1.165, 1.54) is 11.3 Å². The Morgan fingerprint density at radius 1 is 1.39 bits per heavy atom. The number of nitrogens with two attached hydrogens (primary N) is 1. The number of anilines is 1. The molecule has 0 saturated carbocycles. The summed E-state index contributed by atoms with van der Waals surface area (Å²) in [5, 5.41) is 2.47. The number of thiazole rings is 1. The van der Waals surface area contributed by atoms with Crippen LogP contribution in [0.5, 0.6) is 0 Å². The number of carbonyl (C=O) groups is 1. The Hall–Kier alpha value is -1.88. The van der Waals surface area contributed by atoms with Gasteiger partial charge in [0.25, 0.3) is 0 Å². The molecule has 18 heavy (non-hydrogen) atoms. The lowest BCUT2D eigenvalue weighted by Crippen LogP contribution is -2.07. The third kappa shape index (κ3) is 3.07. The van der Waals surface area contributed by atoms with Crippen molar-refractivity contribution >= 4 is 22.4 Å². The van der Waals surface area contributed by atoms with Gasteiger partial charge in [0.1, 0.15) is 0 Å². The van der Waals surface area contributed by atoms with Crippen molar-refractivity contribution in [3.63, 3.8) is 0 Å². The lowest BCUT2D eigenvalue weighted by atomic mass is 10.1. The number of ether oxygens (including phenoxy) is 1. The highest BCUT2D eigenvalue weighted by molar-refractivity contribution is 7.13. The average molecular weight is 262 g/mol. The summed E-state index contributed by atoms with van der Waals surface area (Å²) in [4.78, 5) is 15.5. The van der Waals surface area contributed by atoms with Crippen molar-refractivity contribution in [3.8, 4) is 11.3 Å². The second kappa shape index (κ2) is 5.64. The van der Waals surface area contributed by atoms with Crippen molar-refractivity contribution in [2.75, 3.05) is 12.3 Å². The van der Waals surface area contributed by atoms with Crippen LogP contribution in [0.25, 0.3) is 11.3 Å². The molecule has 0 radical (unpaired) electrons. The Balaban J connectivity index is 2.08. The van der Waals surface area contributed by atoms with Crippen LogP contribution >= 0.6 is 11.3 Å². The molecule has 0 spiro atoms. The number of esters is 1. The van der Waals surface area contributed by atoms with Crippen LogP contribution in [-0.4, -0.2) is 17.6 Å². The first-order chi connectivity index (χ1) is 8.69. The third-order valence-electron chi connectivity index (χ3n) is 2.43. The number of nitrogens with zero attached hydrogens (tertiary/aromatic N) is 1. The van der Waals surface area contributed by atoms with E-state index in [-0.39, 0.29) is 5.97 Å². The molecular formula is C13H14N2O2S. The van der Waals surface area contributed by atoms with Crippen LogP contribution in [-0.2, 0) is 16.0 Å². The number of aromatic nitrogens is 1. The average Bonchev–Trinajstić information content (AvgIpc) is 2.77. The fourth-order valence-electron chi connectivity index (χ4n) is 1.59. The largest absolute Gasteiger partial charge is 0.466 e. The molecule has 5 heteroatoms. The second-order valence-corrected chi connectivity index (χ2v) is 4.64. The molecule has 94 valence electrons. The molecule has 2 aromatic rings. The highest BCUT2D eigenvalue weighted by Crippen LogP contribution is 2.23. The Bertz CT molecular complexity index is 534. The quantitative estimate of drug-likeness (QED) is 0.860. The molecule has 0 fully saturated rings. The molecule has 2 rings (SSSR count). The zero-order valence-electron chi connectivity index (χ0n) is 10.1. The van der Waals surface area contributed by atoms with Crippen molar-refractivity contribution in [2.24, 2.45) is 0 Å². The maximum Gasteiger partial charge on any atom is 0.310 e. The first-order valence-corrected chi connectivity index (χ1v) is 6.53. The molecule has 2 N–H and O–H groups in total. The van der Waals surface area contributed by atoms with Gasteiger partial charge in [0.15, 0.2) is 5.13 Å². The molecule has 0 aliphatic carbocycles. The molecule has 0 aliphatic heterocycles. The minimum atomic E-state index is -0.205. The molecule has 1 aromatic carbocycles. The summed E-state index contributed by atoms with van der Waals surface area (Å²) in [6.07, 6.45) is 0.299. The first-order valence-electron chi connectivity index (χ1n) is 5.65. The summed E-state index contributed by atoms with van der Waals surface area (Å²) in [6.45, 7) is 2.21. The minimum Gasteiger partial charge on any atom is -0.466 e. The van der Waals surface area contributed by atoms with Crippen LogP contribution in [0.15, 0.2) is 29.6 Å². The van der Waals surface area contributed by atoms with Gasteiger partial charge < -0.3 is 10.5 Å². The Kier molecular flexibility index (Phi) is 3.94. The van der Waals surface area contributed by atoms with Crippen LogP contribution in [0.3, 0.4) is 0 Å². The lowest BCUT2D eigenvalue weighted by Gasteiger charge is -2.03. The molecule has 0 amide bonds. The van der Waals surface area contributed by atoms with Gasteiger partial charge in [0.2, 0.25) is 0 Å². The van der Waals surface area contributed by atoms with Gasteiger partial charge in [0, 0.05) is 10.9 Å². The summed E-state index contributed by atoms with van der Waals surface area (Å²) < 4.78 is 4.90. The van der Waals surface area contributed by atoms with Gasteiger partial charge in [-0.2, -0.15) is 0 Å². The Morgan fingerprint density at radius 2 is 2.11 bits per heavy atom. The Morgan fingerprint density at radius 3 is 2.67 bits per heavy atom. The fourth-order valence-corrected chi connectivity index (χ4v) is 2.16. The van der Waals surface area contributed by atoms with E-state index < -0.39 is 0 Å². The summed E-state index contributed by atoms with van der Waals surface area (Å²) in [5.41, 5.74) is 8.38. The maximum atomic E-state index is 11.3. The second-order valence-electron chi connectivity index (χ2n) is 3.75. The van der Waals surface area contributed by atoms with Crippen molar-refractivity contribution in [2.45, 2.75) is 13.3 Å². The van der Waals surface area contributed by atoms with E-state index in [0.29, 0.717) is 18.2 Å². The van der Waals surface area contributed by atoms with Gasteiger partial charge in [-0.3, -0.25) is 4.79 Å². The molecule has 0 aliphatic rings. The molecule has 1 heterocycles. The maximum absolute atomic E-state index is 11.3. The molecule has 0 bridgehead atoms. The Labute approximate surface area is 109 Å². The highest BCUT2D eigenvalue weighted by Gasteiger charge is 2.05. The van der Waals surface area contributed by atoms with Crippen LogP contribution < -0.4 is 5.73 Å². The van der Waals surface area contributed by atoms with Crippen molar-refractivity contribution in [3.05, 3.63) is 35.2 Å². The van der Waals surface area contributed by atoms with Gasteiger partial charge in [0.05, 0.1) is 18.7 Å². The van der Waals surface area contributed by atoms with E-state index >= 15 is 0 Å². The monoisotopic (exact) mass is 262 g/mol. The zero-order chi connectivity index (χ0) is 13.0. The van der Waals surface area contributed by atoms with E-state index in [2.05, 4.69) is 4.98 Å². The SMILES string of the molecule is CCOC(=O)Cc1ccc(-c2csc(N)n2)cc1. The van der Waals surface area contributed by atoms with Crippen molar-refractivity contribution in [1.29, 1.82) is 0 Å². The normalized spacial score (nSPS) is 10.3. The predicted molar refractivity (Wildman–Crippen MR) is 72.3 cm³/mol. The summed E-state index contributed by atoms with van der Waals surface area (Å²) in [6, 6.07) is 7.68. The zero-order valence-corrected chi connectivity index (χ0v) is 10.9. The minimum absolute atomic E-state index is 0.205. The number of benzene rings is 1. The molecule has 1 aromatic heterocycles. The fraction of sp³-hybridized carbons (Fsp3) is 0.231. The summed E-state index contributed by atoms with van der Waals surface area (Å²) in [5.74, 6) is -0.205. The molecule has 0 unspecified atom stereocenters. The standard InChI is InChI=1S/C13H14N2O2S/c1-2-17-12(16)7-9-3-5-10(6-4-9)11-8-18-13(14)15-11/h3-6,8H,2,7H2,1H3,(H2,14,15). The van der Waals surface area contributed by atoms with E-state index in [1.54, 1.807) is 6.92 Å². The van der Waals surface area contributed by atoms with Gasteiger partial charge in [-0.15, -0.1) is 11.3 Å². The van der Waals surface area contributed by atoms with E-state index in [9.17, 15) is 4.79 Å². The number of carbonyl (C=O) groups excluding carboxylic acids is 1. The van der Waals surface area contributed by atoms with Gasteiger partial charge in [-0.25, -0.2) is 4.98 Å². The van der Waals surface area contributed by atoms with Crippen LogP contribution in [0, 0.1) is 0 Å².